The van der Waals surface area contributed by atoms with E-state index in [9.17, 15) is 4.79 Å². The minimum Gasteiger partial charge on any atom is -0.444 e. The minimum atomic E-state index is -0.466. The van der Waals surface area contributed by atoms with Crippen LogP contribution in [0.3, 0.4) is 0 Å². The van der Waals surface area contributed by atoms with Crippen molar-refractivity contribution in [3.05, 3.63) is 0 Å². The van der Waals surface area contributed by atoms with Crippen molar-refractivity contribution in [1.82, 2.24) is 4.90 Å². The molecular weight excluding hydrogens is 278 g/mol. The number of ether oxygens (including phenoxy) is 2. The molecule has 1 aliphatic heterocycles. The molecule has 1 amide bonds. The predicted molar refractivity (Wildman–Crippen MR) is 90.0 cm³/mol. The highest BCUT2D eigenvalue weighted by atomic mass is 16.6. The van der Waals surface area contributed by atoms with Gasteiger partial charge in [0.05, 0.1) is 25.3 Å². The van der Waals surface area contributed by atoms with E-state index in [1.54, 1.807) is 0 Å². The molecule has 0 radical (unpaired) electrons. The monoisotopic (exact) mass is 313 g/mol. The summed E-state index contributed by atoms with van der Waals surface area (Å²) in [4.78, 5) is 14.3. The van der Waals surface area contributed by atoms with E-state index in [1.807, 2.05) is 25.7 Å². The van der Waals surface area contributed by atoms with Crippen LogP contribution in [0.15, 0.2) is 0 Å². The van der Waals surface area contributed by atoms with Crippen LogP contribution in [0.4, 0.5) is 4.79 Å². The van der Waals surface area contributed by atoms with E-state index in [0.717, 1.165) is 6.42 Å². The summed E-state index contributed by atoms with van der Waals surface area (Å²) in [5, 5.41) is 0. The predicted octanol–water partition coefficient (Wildman–Crippen LogP) is 4.47. The number of rotatable bonds is 1. The van der Waals surface area contributed by atoms with Gasteiger partial charge in [-0.3, -0.25) is 0 Å². The molecule has 1 saturated heterocycles. The Hall–Kier alpha value is -0.770. The smallest absolute Gasteiger partial charge is 0.410 e. The number of hydrogen-bond donors (Lipinski definition) is 0. The van der Waals surface area contributed by atoms with Gasteiger partial charge in [0, 0.05) is 0 Å². The van der Waals surface area contributed by atoms with Gasteiger partial charge in [0.2, 0.25) is 0 Å². The van der Waals surface area contributed by atoms with Crippen LogP contribution in [0.5, 0.6) is 0 Å². The Morgan fingerprint density at radius 2 is 1.59 bits per heavy atom. The third kappa shape index (κ3) is 6.55. The Kier molecular flexibility index (Phi) is 5.59. The summed E-state index contributed by atoms with van der Waals surface area (Å²) < 4.78 is 11.8. The molecule has 4 heteroatoms. The number of morpholine rings is 1. The summed E-state index contributed by atoms with van der Waals surface area (Å²) >= 11 is 0. The van der Waals surface area contributed by atoms with Crippen LogP contribution in [-0.2, 0) is 9.47 Å². The van der Waals surface area contributed by atoms with Gasteiger partial charge in [0.1, 0.15) is 5.60 Å². The first-order valence-corrected chi connectivity index (χ1v) is 8.31. The number of carbonyl (C=O) groups is 1. The molecule has 0 aliphatic carbocycles. The maximum absolute atomic E-state index is 12.4. The fourth-order valence-corrected chi connectivity index (χ4v) is 2.59. The first-order chi connectivity index (χ1) is 9.67. The third-order valence-electron chi connectivity index (χ3n) is 3.62. The van der Waals surface area contributed by atoms with Gasteiger partial charge < -0.3 is 14.4 Å². The van der Waals surface area contributed by atoms with Crippen LogP contribution in [0, 0.1) is 10.8 Å². The first-order valence-electron chi connectivity index (χ1n) is 8.31. The molecule has 0 unspecified atom stereocenters. The maximum atomic E-state index is 12.4. The van der Waals surface area contributed by atoms with E-state index in [4.69, 9.17) is 9.47 Å². The summed E-state index contributed by atoms with van der Waals surface area (Å²) in [7, 11) is 0. The minimum absolute atomic E-state index is 0.00316. The second kappa shape index (κ2) is 6.38. The highest BCUT2D eigenvalue weighted by molar-refractivity contribution is 5.68. The van der Waals surface area contributed by atoms with Crippen LogP contribution in [-0.4, -0.2) is 41.9 Å². The molecule has 1 fully saturated rings. The molecule has 1 aliphatic rings. The zero-order valence-electron chi connectivity index (χ0n) is 15.9. The maximum Gasteiger partial charge on any atom is 0.410 e. The normalized spacial score (nSPS) is 24.3. The highest BCUT2D eigenvalue weighted by Gasteiger charge is 2.39. The molecular formula is C18H35NO3. The molecule has 130 valence electrons. The summed E-state index contributed by atoms with van der Waals surface area (Å²) in [6.07, 6.45) is 0.786. The Bertz CT molecular complexity index is 385. The van der Waals surface area contributed by atoms with Crippen molar-refractivity contribution in [2.45, 2.75) is 86.5 Å². The first kappa shape index (κ1) is 19.3. The molecule has 0 bridgehead atoms. The van der Waals surface area contributed by atoms with Crippen molar-refractivity contribution in [2.24, 2.45) is 10.8 Å². The van der Waals surface area contributed by atoms with E-state index < -0.39 is 5.60 Å². The lowest BCUT2D eigenvalue weighted by Gasteiger charge is -2.44. The Morgan fingerprint density at radius 1 is 1.05 bits per heavy atom. The molecule has 2 atom stereocenters. The van der Waals surface area contributed by atoms with Crippen LogP contribution in [0.1, 0.15) is 68.7 Å². The molecule has 1 rings (SSSR count). The lowest BCUT2D eigenvalue weighted by atomic mass is 9.85. The summed E-state index contributed by atoms with van der Waals surface area (Å²) in [6.45, 7) is 20.0. The number of carbonyl (C=O) groups excluding carboxylic acids is 1. The van der Waals surface area contributed by atoms with Crippen molar-refractivity contribution in [2.75, 3.05) is 13.1 Å². The van der Waals surface area contributed by atoms with Gasteiger partial charge in [-0.15, -0.1) is 0 Å². The largest absolute Gasteiger partial charge is 0.444 e. The Labute approximate surface area is 136 Å². The van der Waals surface area contributed by atoms with E-state index >= 15 is 0 Å². The number of nitrogens with zero attached hydrogens (tertiary/aromatic N) is 1. The van der Waals surface area contributed by atoms with Crippen molar-refractivity contribution in [3.63, 3.8) is 0 Å². The van der Waals surface area contributed by atoms with Gasteiger partial charge in [-0.1, -0.05) is 41.5 Å². The molecule has 0 N–H and O–H groups in total. The number of amides is 1. The van der Waals surface area contributed by atoms with E-state index in [0.29, 0.717) is 13.1 Å². The van der Waals surface area contributed by atoms with Gasteiger partial charge in [0.15, 0.2) is 0 Å². The molecule has 0 aromatic rings. The quantitative estimate of drug-likeness (QED) is 0.717. The Balaban J connectivity index is 2.86. The average Bonchev–Trinajstić information content (AvgIpc) is 2.22. The molecule has 22 heavy (non-hydrogen) atoms. The molecule has 0 aromatic carbocycles. The summed E-state index contributed by atoms with van der Waals surface area (Å²) in [6, 6.07) is 0. The fraction of sp³-hybridized carbons (Fsp3) is 0.944. The molecule has 0 aromatic heterocycles. The van der Waals surface area contributed by atoms with Crippen molar-refractivity contribution < 1.29 is 14.3 Å². The molecule has 1 heterocycles. The van der Waals surface area contributed by atoms with E-state index in [1.165, 1.54) is 0 Å². The molecule has 0 saturated carbocycles. The second-order valence-corrected chi connectivity index (χ2v) is 9.76. The van der Waals surface area contributed by atoms with Gasteiger partial charge in [-0.25, -0.2) is 4.79 Å². The van der Waals surface area contributed by atoms with Crippen LogP contribution in [0.2, 0.25) is 0 Å². The standard InChI is InChI=1S/C18H35NO3/c1-16(2,3)10-13-11-19(15(20)22-18(7,8)9)12-14(21-13)17(4,5)6/h13-14H,10-12H2,1-9H3/t13-,14-/m1/s1. The average molecular weight is 313 g/mol. The highest BCUT2D eigenvalue weighted by Crippen LogP contribution is 2.32. The SMILES string of the molecule is CC(C)(C)C[C@@H]1CN(C(=O)OC(C)(C)C)C[C@H](C(C)(C)C)O1. The fourth-order valence-electron chi connectivity index (χ4n) is 2.59. The molecule has 0 spiro atoms. The van der Waals surface area contributed by atoms with Gasteiger partial charge in [0.25, 0.3) is 0 Å². The van der Waals surface area contributed by atoms with Gasteiger partial charge >= 0.3 is 6.09 Å². The third-order valence-corrected chi connectivity index (χ3v) is 3.62. The van der Waals surface area contributed by atoms with Crippen molar-refractivity contribution in [3.8, 4) is 0 Å². The second-order valence-electron chi connectivity index (χ2n) is 9.76. The van der Waals surface area contributed by atoms with Gasteiger partial charge in [-0.05, 0) is 38.0 Å². The van der Waals surface area contributed by atoms with Crippen molar-refractivity contribution in [1.29, 1.82) is 0 Å². The van der Waals surface area contributed by atoms with E-state index in [2.05, 4.69) is 41.5 Å². The molecule has 4 nitrogen and oxygen atoms in total. The van der Waals surface area contributed by atoms with Gasteiger partial charge in [-0.2, -0.15) is 0 Å². The lowest BCUT2D eigenvalue weighted by molar-refractivity contribution is -0.133. The zero-order chi connectivity index (χ0) is 17.3. The van der Waals surface area contributed by atoms with Crippen molar-refractivity contribution >= 4 is 6.09 Å². The van der Waals surface area contributed by atoms with Crippen LogP contribution >= 0.6 is 0 Å². The zero-order valence-corrected chi connectivity index (χ0v) is 15.9. The topological polar surface area (TPSA) is 38.8 Å². The summed E-state index contributed by atoms with van der Waals surface area (Å²) in [5.41, 5.74) is -0.299. The number of hydrogen-bond acceptors (Lipinski definition) is 3. The van der Waals surface area contributed by atoms with Crippen LogP contribution < -0.4 is 0 Å². The Morgan fingerprint density at radius 3 is 2.00 bits per heavy atom. The summed E-state index contributed by atoms with van der Waals surface area (Å²) in [5.74, 6) is 0. The van der Waals surface area contributed by atoms with E-state index in [-0.39, 0.29) is 29.1 Å². The van der Waals surface area contributed by atoms with Crippen LogP contribution in [0.25, 0.3) is 0 Å². The lowest BCUT2D eigenvalue weighted by Crippen LogP contribution is -2.55.